The van der Waals surface area contributed by atoms with Crippen LogP contribution in [-0.2, 0) is 32.7 Å². The molecule has 9 nitrogen and oxygen atoms in total. The van der Waals surface area contributed by atoms with Gasteiger partial charge in [-0.2, -0.15) is 0 Å². The first-order valence-corrected chi connectivity index (χ1v) is 30.8. The molecule has 0 radical (unpaired) electrons. The molecule has 0 aliphatic rings. The molecule has 0 spiro atoms. The molecule has 0 saturated heterocycles. The van der Waals surface area contributed by atoms with Crippen molar-refractivity contribution in [2.45, 2.75) is 277 Å². The molecule has 0 rings (SSSR count). The van der Waals surface area contributed by atoms with Crippen LogP contribution in [0.4, 0.5) is 0 Å². The summed E-state index contributed by atoms with van der Waals surface area (Å²) < 4.78 is 34.2. The summed E-state index contributed by atoms with van der Waals surface area (Å²) in [6.45, 7) is 4.17. The average Bonchev–Trinajstić information content (AvgIpc) is 3.32. The predicted octanol–water partition coefficient (Wildman–Crippen LogP) is 17.5. The van der Waals surface area contributed by atoms with E-state index in [1.807, 2.05) is 21.1 Å². The molecule has 0 aromatic carbocycles. The van der Waals surface area contributed by atoms with E-state index in [1.165, 1.54) is 173 Å². The zero-order valence-corrected chi connectivity index (χ0v) is 47.4. The molecule has 0 aromatic heterocycles. The first-order valence-electron chi connectivity index (χ1n) is 29.3. The second-order valence-electron chi connectivity index (χ2n) is 21.0. The second kappa shape index (κ2) is 51.9. The highest BCUT2D eigenvalue weighted by Crippen LogP contribution is 2.38. The summed E-state index contributed by atoms with van der Waals surface area (Å²) in [6, 6.07) is 0. The largest absolute Gasteiger partial charge is 0.756 e. The highest BCUT2D eigenvalue weighted by molar-refractivity contribution is 7.45. The van der Waals surface area contributed by atoms with Crippen molar-refractivity contribution < 1.29 is 42.1 Å². The van der Waals surface area contributed by atoms with Crippen LogP contribution in [-0.4, -0.2) is 70.0 Å². The third-order valence-corrected chi connectivity index (χ3v) is 13.8. The highest BCUT2D eigenvalue weighted by atomic mass is 31.2. The van der Waals surface area contributed by atoms with Gasteiger partial charge in [-0.15, -0.1) is 0 Å². The number of allylic oxidation sites excluding steroid dienone is 8. The molecule has 0 aliphatic carbocycles. The van der Waals surface area contributed by atoms with Crippen LogP contribution in [0, 0.1) is 0 Å². The minimum absolute atomic E-state index is 0.0296. The van der Waals surface area contributed by atoms with Crippen LogP contribution in [0.15, 0.2) is 48.6 Å². The third kappa shape index (κ3) is 55.3. The number of phosphoric ester groups is 1. The number of carbonyl (C=O) groups excluding carboxylic acids is 2. The average molecular weight is 1010 g/mol. The molecule has 70 heavy (non-hydrogen) atoms. The number of carbonyl (C=O) groups is 2. The monoisotopic (exact) mass is 1010 g/mol. The van der Waals surface area contributed by atoms with Crippen molar-refractivity contribution in [3.63, 3.8) is 0 Å². The molecule has 0 N–H and O–H groups in total. The summed E-state index contributed by atoms with van der Waals surface area (Å²) in [5.41, 5.74) is 0. The highest BCUT2D eigenvalue weighted by Gasteiger charge is 2.22. The lowest BCUT2D eigenvalue weighted by molar-refractivity contribution is -0.870. The first-order chi connectivity index (χ1) is 34.0. The van der Waals surface area contributed by atoms with Crippen LogP contribution < -0.4 is 4.89 Å². The van der Waals surface area contributed by atoms with E-state index in [1.54, 1.807) is 0 Å². The van der Waals surface area contributed by atoms with E-state index in [4.69, 9.17) is 18.5 Å². The maximum absolute atomic E-state index is 12.8. The van der Waals surface area contributed by atoms with E-state index in [2.05, 4.69) is 62.5 Å². The molecule has 10 heteroatoms. The van der Waals surface area contributed by atoms with E-state index in [-0.39, 0.29) is 32.0 Å². The topological polar surface area (TPSA) is 111 Å². The van der Waals surface area contributed by atoms with Gasteiger partial charge in [0.25, 0.3) is 7.82 Å². The number of ether oxygens (including phenoxy) is 2. The Morgan fingerprint density at radius 2 is 0.814 bits per heavy atom. The number of esters is 2. The Morgan fingerprint density at radius 3 is 1.21 bits per heavy atom. The lowest BCUT2D eigenvalue weighted by atomic mass is 10.0. The van der Waals surface area contributed by atoms with Crippen molar-refractivity contribution in [2.75, 3.05) is 47.5 Å². The van der Waals surface area contributed by atoms with Gasteiger partial charge in [-0.25, -0.2) is 0 Å². The van der Waals surface area contributed by atoms with Gasteiger partial charge in [-0.05, 0) is 51.4 Å². The number of likely N-dealkylation sites (N-methyl/N-ethyl adjacent to an activating group) is 1. The molecule has 2 unspecified atom stereocenters. The van der Waals surface area contributed by atoms with Crippen molar-refractivity contribution in [1.29, 1.82) is 0 Å². The van der Waals surface area contributed by atoms with E-state index in [0.29, 0.717) is 17.4 Å². The van der Waals surface area contributed by atoms with Crippen molar-refractivity contribution >= 4 is 19.8 Å². The molecule has 0 bridgehead atoms. The summed E-state index contributed by atoms with van der Waals surface area (Å²) in [5, 5.41) is 0. The fourth-order valence-corrected chi connectivity index (χ4v) is 9.08. The third-order valence-electron chi connectivity index (χ3n) is 12.9. The summed E-state index contributed by atoms with van der Waals surface area (Å²) in [6.07, 6.45) is 64.4. The zero-order valence-electron chi connectivity index (χ0n) is 46.5. The minimum Gasteiger partial charge on any atom is -0.756 e. The van der Waals surface area contributed by atoms with Gasteiger partial charge in [0, 0.05) is 12.8 Å². The SMILES string of the molecule is CC/C=C\C/C=C\C/C=C\C/C=C\CCCCCCCCCCCCCCCCC(=O)OC(COC(=O)CCCCCCCCCCCCCCCCCCCCC)COP(=O)([O-])OCC[N+](C)(C)C. The summed E-state index contributed by atoms with van der Waals surface area (Å²) in [5.74, 6) is -0.821. The Bertz CT molecular complexity index is 1320. The molecule has 0 aromatic rings. The van der Waals surface area contributed by atoms with Crippen LogP contribution >= 0.6 is 7.82 Å². The number of hydrogen-bond acceptors (Lipinski definition) is 8. The minimum atomic E-state index is -4.63. The second-order valence-corrected chi connectivity index (χ2v) is 22.4. The number of phosphoric acid groups is 1. The summed E-state index contributed by atoms with van der Waals surface area (Å²) in [7, 11) is 1.18. The smallest absolute Gasteiger partial charge is 0.306 e. The van der Waals surface area contributed by atoms with E-state index in [0.717, 1.165) is 64.2 Å². The Morgan fingerprint density at radius 1 is 0.457 bits per heavy atom. The van der Waals surface area contributed by atoms with Crippen molar-refractivity contribution in [1.82, 2.24) is 0 Å². The predicted molar refractivity (Wildman–Crippen MR) is 296 cm³/mol. The number of unbranched alkanes of at least 4 members (excludes halogenated alkanes) is 32. The number of hydrogen-bond donors (Lipinski definition) is 0. The molecule has 0 amide bonds. The van der Waals surface area contributed by atoms with Gasteiger partial charge >= 0.3 is 11.9 Å². The van der Waals surface area contributed by atoms with Gasteiger partial charge < -0.3 is 27.9 Å². The fraction of sp³-hybridized carbons (Fsp3) is 0.833. The Hall–Kier alpha value is -2.03. The lowest BCUT2D eigenvalue weighted by Gasteiger charge is -2.28. The maximum Gasteiger partial charge on any atom is 0.306 e. The molecular weight excluding hydrogens is 894 g/mol. The van der Waals surface area contributed by atoms with Crippen LogP contribution in [0.3, 0.4) is 0 Å². The van der Waals surface area contributed by atoms with Crippen LogP contribution in [0.25, 0.3) is 0 Å². The Kier molecular flexibility index (Phi) is 50.4. The van der Waals surface area contributed by atoms with Gasteiger partial charge in [-0.3, -0.25) is 14.2 Å². The van der Waals surface area contributed by atoms with Crippen molar-refractivity contribution in [2.24, 2.45) is 0 Å². The molecule has 2 atom stereocenters. The van der Waals surface area contributed by atoms with Crippen molar-refractivity contribution in [3.8, 4) is 0 Å². The normalized spacial score (nSPS) is 13.6. The summed E-state index contributed by atoms with van der Waals surface area (Å²) >= 11 is 0. The number of rotatable bonds is 54. The van der Waals surface area contributed by atoms with Crippen molar-refractivity contribution in [3.05, 3.63) is 48.6 Å². The van der Waals surface area contributed by atoms with E-state index < -0.39 is 26.5 Å². The van der Waals surface area contributed by atoms with Gasteiger partial charge in [0.15, 0.2) is 6.10 Å². The van der Waals surface area contributed by atoms with Gasteiger partial charge in [0.05, 0.1) is 27.7 Å². The van der Waals surface area contributed by atoms with Crippen LogP contribution in [0.5, 0.6) is 0 Å². The van der Waals surface area contributed by atoms with Crippen LogP contribution in [0.2, 0.25) is 0 Å². The molecule has 0 aliphatic heterocycles. The number of quaternary nitrogens is 1. The van der Waals surface area contributed by atoms with Crippen LogP contribution in [0.1, 0.15) is 271 Å². The zero-order chi connectivity index (χ0) is 51.3. The van der Waals surface area contributed by atoms with E-state index in [9.17, 15) is 19.0 Å². The maximum atomic E-state index is 12.8. The molecule has 0 fully saturated rings. The van der Waals surface area contributed by atoms with Gasteiger partial charge in [0.2, 0.25) is 0 Å². The van der Waals surface area contributed by atoms with Gasteiger partial charge in [-0.1, -0.05) is 255 Å². The fourth-order valence-electron chi connectivity index (χ4n) is 8.36. The Balaban J connectivity index is 4.12. The molecule has 0 heterocycles. The molecular formula is C60H112NO8P. The van der Waals surface area contributed by atoms with Gasteiger partial charge in [0.1, 0.15) is 19.8 Å². The number of nitrogens with zero attached hydrogens (tertiary/aromatic N) is 1. The lowest BCUT2D eigenvalue weighted by Crippen LogP contribution is -2.37. The quantitative estimate of drug-likeness (QED) is 0.0195. The summed E-state index contributed by atoms with van der Waals surface area (Å²) in [4.78, 5) is 37.9. The molecule has 410 valence electrons. The Labute approximate surface area is 433 Å². The first kappa shape index (κ1) is 68.0. The standard InChI is InChI=1S/C60H112NO8P/c1-6-8-10-12-14-16-18-20-22-24-26-27-28-29-30-31-32-33-35-37-39-41-43-45-47-49-51-53-60(63)69-58(57-68-70(64,65)67-55-54-61(3,4)5)56-66-59(62)52-50-48-46-44-42-40-38-36-34-25-23-21-19-17-15-13-11-9-7-2/h8,10,14,16,20,22,26-27,58H,6-7,9,11-13,15,17-19,21,23-25,28-57H2,1-5H3/b10-8-,16-14-,22-20-,27-26-. The molecule has 0 saturated carbocycles. The van der Waals surface area contributed by atoms with E-state index >= 15 is 0 Å².